The van der Waals surface area contributed by atoms with Gasteiger partial charge in [-0.1, -0.05) is 29.8 Å². The number of aromatic nitrogens is 1. The molecule has 0 aliphatic rings. The monoisotopic (exact) mass is 296 g/mol. The first kappa shape index (κ1) is 14.5. The molecule has 1 aromatic carbocycles. The molecule has 2 atom stereocenters. The van der Waals surface area contributed by atoms with Gasteiger partial charge in [-0.15, -0.1) is 11.3 Å². The van der Waals surface area contributed by atoms with E-state index in [1.54, 1.807) is 17.4 Å². The minimum Gasteiger partial charge on any atom is -0.387 e. The molecule has 0 spiro atoms. The van der Waals surface area contributed by atoms with Gasteiger partial charge in [0, 0.05) is 28.2 Å². The molecule has 2 rings (SSSR count). The molecule has 1 heterocycles. The highest BCUT2D eigenvalue weighted by atomic mass is 35.5. The average Bonchev–Trinajstić information content (AvgIpc) is 2.83. The van der Waals surface area contributed by atoms with E-state index in [1.807, 2.05) is 38.2 Å². The Kier molecular flexibility index (Phi) is 4.93. The summed E-state index contributed by atoms with van der Waals surface area (Å²) in [6.45, 7) is 4.52. The van der Waals surface area contributed by atoms with Crippen molar-refractivity contribution in [3.05, 3.63) is 50.9 Å². The lowest BCUT2D eigenvalue weighted by molar-refractivity contribution is 0.171. The van der Waals surface area contributed by atoms with E-state index >= 15 is 0 Å². The standard InChI is InChI=1S/C14H17ClN2OS/c1-9-7-17-14(19-9)10(2)16-8-13(18)11-5-3-4-6-12(11)15/h3-7,10,13,16,18H,8H2,1-2H3. The van der Waals surface area contributed by atoms with E-state index in [9.17, 15) is 5.11 Å². The molecule has 0 saturated carbocycles. The summed E-state index contributed by atoms with van der Waals surface area (Å²) >= 11 is 7.72. The minimum atomic E-state index is -0.614. The fourth-order valence-electron chi connectivity index (χ4n) is 1.80. The van der Waals surface area contributed by atoms with Crippen LogP contribution in [0.4, 0.5) is 0 Å². The van der Waals surface area contributed by atoms with E-state index in [1.165, 1.54) is 4.88 Å². The molecule has 0 aliphatic heterocycles. The molecule has 0 bridgehead atoms. The number of benzene rings is 1. The van der Waals surface area contributed by atoms with Crippen LogP contribution in [0, 0.1) is 6.92 Å². The lowest BCUT2D eigenvalue weighted by atomic mass is 10.1. The Hall–Kier alpha value is -0.940. The van der Waals surface area contributed by atoms with E-state index < -0.39 is 6.10 Å². The molecule has 1 aromatic heterocycles. The van der Waals surface area contributed by atoms with Gasteiger partial charge >= 0.3 is 0 Å². The average molecular weight is 297 g/mol. The van der Waals surface area contributed by atoms with Crippen LogP contribution in [0.5, 0.6) is 0 Å². The Balaban J connectivity index is 1.94. The number of aliphatic hydroxyl groups excluding tert-OH is 1. The zero-order valence-electron chi connectivity index (χ0n) is 10.9. The Labute approximate surface area is 122 Å². The van der Waals surface area contributed by atoms with Crippen LogP contribution < -0.4 is 5.32 Å². The first-order chi connectivity index (χ1) is 9.08. The number of halogens is 1. The van der Waals surface area contributed by atoms with Crippen molar-refractivity contribution >= 4 is 22.9 Å². The van der Waals surface area contributed by atoms with E-state index in [0.29, 0.717) is 11.6 Å². The maximum atomic E-state index is 10.1. The molecule has 2 unspecified atom stereocenters. The van der Waals surface area contributed by atoms with Crippen molar-refractivity contribution in [3.8, 4) is 0 Å². The van der Waals surface area contributed by atoms with Crippen molar-refractivity contribution < 1.29 is 5.11 Å². The first-order valence-corrected chi connectivity index (χ1v) is 7.35. The number of aliphatic hydroxyl groups is 1. The summed E-state index contributed by atoms with van der Waals surface area (Å²) in [5.74, 6) is 0. The molecule has 0 radical (unpaired) electrons. The van der Waals surface area contributed by atoms with Gasteiger partial charge in [0.25, 0.3) is 0 Å². The third-order valence-corrected chi connectivity index (χ3v) is 4.33. The summed E-state index contributed by atoms with van der Waals surface area (Å²) in [7, 11) is 0. The van der Waals surface area contributed by atoms with Crippen LogP contribution >= 0.6 is 22.9 Å². The summed E-state index contributed by atoms with van der Waals surface area (Å²) in [5, 5.41) is 15.0. The zero-order valence-corrected chi connectivity index (χ0v) is 12.5. The number of rotatable bonds is 5. The lowest BCUT2D eigenvalue weighted by Crippen LogP contribution is -2.24. The fraction of sp³-hybridized carbons (Fsp3) is 0.357. The maximum absolute atomic E-state index is 10.1. The topological polar surface area (TPSA) is 45.2 Å². The van der Waals surface area contributed by atoms with Gasteiger partial charge in [0.2, 0.25) is 0 Å². The van der Waals surface area contributed by atoms with Crippen molar-refractivity contribution in [2.45, 2.75) is 26.0 Å². The predicted molar refractivity (Wildman–Crippen MR) is 79.7 cm³/mol. The van der Waals surface area contributed by atoms with Crippen molar-refractivity contribution in [1.29, 1.82) is 0 Å². The predicted octanol–water partition coefficient (Wildman–Crippen LogP) is 3.49. The number of hydrogen-bond donors (Lipinski definition) is 2. The molecule has 0 aliphatic carbocycles. The highest BCUT2D eigenvalue weighted by Gasteiger charge is 2.14. The molecule has 0 fully saturated rings. The van der Waals surface area contributed by atoms with E-state index in [0.717, 1.165) is 10.6 Å². The SMILES string of the molecule is Cc1cnc(C(C)NCC(O)c2ccccc2Cl)s1. The van der Waals surface area contributed by atoms with Crippen LogP contribution in [-0.2, 0) is 0 Å². The highest BCUT2D eigenvalue weighted by Crippen LogP contribution is 2.23. The van der Waals surface area contributed by atoms with E-state index in [4.69, 9.17) is 11.6 Å². The van der Waals surface area contributed by atoms with Crippen LogP contribution in [-0.4, -0.2) is 16.6 Å². The van der Waals surface area contributed by atoms with Gasteiger partial charge in [0.05, 0.1) is 12.1 Å². The van der Waals surface area contributed by atoms with Crippen LogP contribution in [0.1, 0.15) is 34.5 Å². The van der Waals surface area contributed by atoms with Crippen molar-refractivity contribution in [3.63, 3.8) is 0 Å². The number of nitrogens with one attached hydrogen (secondary N) is 1. The largest absolute Gasteiger partial charge is 0.387 e. The smallest absolute Gasteiger partial charge is 0.109 e. The molecule has 3 nitrogen and oxygen atoms in total. The first-order valence-electron chi connectivity index (χ1n) is 6.16. The third kappa shape index (κ3) is 3.76. The number of nitrogens with zero attached hydrogens (tertiary/aromatic N) is 1. The van der Waals surface area contributed by atoms with Gasteiger partial charge in [-0.2, -0.15) is 0 Å². The van der Waals surface area contributed by atoms with Crippen molar-refractivity contribution in [2.75, 3.05) is 6.54 Å². The Morgan fingerprint density at radius 3 is 2.79 bits per heavy atom. The molecule has 102 valence electrons. The van der Waals surface area contributed by atoms with Gasteiger partial charge in [-0.3, -0.25) is 0 Å². The molecule has 2 aromatic rings. The van der Waals surface area contributed by atoms with E-state index in [-0.39, 0.29) is 6.04 Å². The van der Waals surface area contributed by atoms with Gasteiger partial charge in [-0.05, 0) is 19.9 Å². The highest BCUT2D eigenvalue weighted by molar-refractivity contribution is 7.11. The van der Waals surface area contributed by atoms with Crippen LogP contribution in [0.3, 0.4) is 0 Å². The molecule has 0 saturated heterocycles. The molecular formula is C14H17ClN2OS. The number of hydrogen-bond acceptors (Lipinski definition) is 4. The second-order valence-corrected chi connectivity index (χ2v) is 6.15. The summed E-state index contributed by atoms with van der Waals surface area (Å²) in [5.41, 5.74) is 0.749. The van der Waals surface area contributed by atoms with Crippen LogP contribution in [0.2, 0.25) is 5.02 Å². The summed E-state index contributed by atoms with van der Waals surface area (Å²) in [4.78, 5) is 5.52. The molecule has 5 heteroatoms. The normalized spacial score (nSPS) is 14.3. The van der Waals surface area contributed by atoms with Gasteiger partial charge in [0.15, 0.2) is 0 Å². The number of thiazole rings is 1. The summed E-state index contributed by atoms with van der Waals surface area (Å²) in [6.07, 6.45) is 1.25. The van der Waals surface area contributed by atoms with Crippen molar-refractivity contribution in [1.82, 2.24) is 10.3 Å². The Morgan fingerprint density at radius 2 is 2.16 bits per heavy atom. The summed E-state index contributed by atoms with van der Waals surface area (Å²) < 4.78 is 0. The Morgan fingerprint density at radius 1 is 1.42 bits per heavy atom. The minimum absolute atomic E-state index is 0.121. The zero-order chi connectivity index (χ0) is 13.8. The summed E-state index contributed by atoms with van der Waals surface area (Å²) in [6, 6.07) is 7.47. The fourth-order valence-corrected chi connectivity index (χ4v) is 2.87. The van der Waals surface area contributed by atoms with Crippen LogP contribution in [0.25, 0.3) is 0 Å². The molecule has 19 heavy (non-hydrogen) atoms. The third-order valence-electron chi connectivity index (χ3n) is 2.89. The molecular weight excluding hydrogens is 280 g/mol. The van der Waals surface area contributed by atoms with Gasteiger partial charge in [-0.25, -0.2) is 4.98 Å². The van der Waals surface area contributed by atoms with Gasteiger partial charge < -0.3 is 10.4 Å². The lowest BCUT2D eigenvalue weighted by Gasteiger charge is -2.16. The van der Waals surface area contributed by atoms with Gasteiger partial charge in [0.1, 0.15) is 5.01 Å². The van der Waals surface area contributed by atoms with E-state index in [2.05, 4.69) is 10.3 Å². The quantitative estimate of drug-likeness (QED) is 0.888. The second-order valence-electron chi connectivity index (χ2n) is 4.48. The Bertz CT molecular complexity index is 544. The molecule has 0 amide bonds. The second kappa shape index (κ2) is 6.48. The molecule has 2 N–H and O–H groups in total. The maximum Gasteiger partial charge on any atom is 0.109 e. The van der Waals surface area contributed by atoms with Crippen LogP contribution in [0.15, 0.2) is 30.5 Å². The van der Waals surface area contributed by atoms with Crippen molar-refractivity contribution in [2.24, 2.45) is 0 Å². The number of aryl methyl sites for hydroxylation is 1.